The molecular weight excluding hydrogens is 303 g/mol. The Kier molecular flexibility index (Phi) is 5.56. The number of nitrogens with one attached hydrogen (secondary N) is 1. The van der Waals surface area contributed by atoms with Crippen LogP contribution < -0.4 is 5.32 Å². The summed E-state index contributed by atoms with van der Waals surface area (Å²) >= 11 is 0. The second-order valence-corrected chi connectivity index (χ2v) is 5.02. The zero-order valence-corrected chi connectivity index (χ0v) is 12.5. The van der Waals surface area contributed by atoms with E-state index < -0.39 is 35.8 Å². The molecule has 0 saturated heterocycles. The van der Waals surface area contributed by atoms with E-state index in [-0.39, 0.29) is 0 Å². The van der Waals surface area contributed by atoms with Gasteiger partial charge < -0.3 is 10.1 Å². The van der Waals surface area contributed by atoms with Gasteiger partial charge in [0.05, 0.1) is 7.11 Å². The zero-order chi connectivity index (χ0) is 17.0. The Morgan fingerprint density at radius 1 is 1.41 bits per heavy atom. The van der Waals surface area contributed by atoms with E-state index in [9.17, 15) is 22.8 Å². The van der Waals surface area contributed by atoms with Gasteiger partial charge in [-0.05, 0) is 19.4 Å². The number of carbonyl (C=O) groups is 2. The van der Waals surface area contributed by atoms with Gasteiger partial charge in [-0.1, -0.05) is 13.3 Å². The lowest BCUT2D eigenvalue weighted by molar-refractivity contribution is -0.150. The number of methoxy groups -OCH3 is 1. The Hall–Kier alpha value is -2.06. The molecule has 124 valence electrons. The molecular formula is C13H18F3N3O3. The lowest BCUT2D eigenvalue weighted by Crippen LogP contribution is -2.53. The molecule has 0 aliphatic carbocycles. The molecule has 1 aromatic rings. The number of alkyl halides is 3. The summed E-state index contributed by atoms with van der Waals surface area (Å²) in [7, 11) is 1.20. The first-order chi connectivity index (χ1) is 10.1. The number of hydrogen-bond donors (Lipinski definition) is 1. The number of esters is 1. The van der Waals surface area contributed by atoms with Crippen LogP contribution in [0.4, 0.5) is 13.2 Å². The molecule has 0 fully saturated rings. The van der Waals surface area contributed by atoms with E-state index in [0.29, 0.717) is 12.8 Å². The Balaban J connectivity index is 2.76. The molecule has 0 saturated carbocycles. The Morgan fingerprint density at radius 2 is 2.05 bits per heavy atom. The molecule has 0 spiro atoms. The summed E-state index contributed by atoms with van der Waals surface area (Å²) in [5.74, 6) is -1.24. The van der Waals surface area contributed by atoms with E-state index in [0.717, 1.165) is 16.9 Å². The van der Waals surface area contributed by atoms with Crippen molar-refractivity contribution in [3.05, 3.63) is 18.0 Å². The van der Waals surface area contributed by atoms with E-state index >= 15 is 0 Å². The molecule has 0 aliphatic rings. The fourth-order valence-electron chi connectivity index (χ4n) is 2.04. The van der Waals surface area contributed by atoms with Gasteiger partial charge >= 0.3 is 12.1 Å². The number of nitrogens with zero attached hydrogens (tertiary/aromatic N) is 2. The average molecular weight is 321 g/mol. The fourth-order valence-corrected chi connectivity index (χ4v) is 2.04. The molecule has 9 heteroatoms. The monoisotopic (exact) mass is 321 g/mol. The highest BCUT2D eigenvalue weighted by Crippen LogP contribution is 2.27. The SMILES string of the molecule is CCCC(C)(NC(=O)Cn1ccc(C(F)(F)F)n1)C(=O)OC. The van der Waals surface area contributed by atoms with Crippen molar-refractivity contribution in [1.29, 1.82) is 0 Å². The highest BCUT2D eigenvalue weighted by Gasteiger charge is 2.36. The maximum atomic E-state index is 12.4. The van der Waals surface area contributed by atoms with Crippen LogP contribution >= 0.6 is 0 Å². The molecule has 1 N–H and O–H groups in total. The minimum atomic E-state index is -4.57. The Labute approximate surface area is 125 Å². The van der Waals surface area contributed by atoms with Crippen molar-refractivity contribution < 1.29 is 27.5 Å². The van der Waals surface area contributed by atoms with Gasteiger partial charge in [-0.3, -0.25) is 9.48 Å². The van der Waals surface area contributed by atoms with E-state index in [1.165, 1.54) is 14.0 Å². The van der Waals surface area contributed by atoms with Crippen molar-refractivity contribution in [1.82, 2.24) is 15.1 Å². The molecule has 1 rings (SSSR count). The van der Waals surface area contributed by atoms with Crippen molar-refractivity contribution >= 4 is 11.9 Å². The average Bonchev–Trinajstić information content (AvgIpc) is 2.86. The lowest BCUT2D eigenvalue weighted by Gasteiger charge is -2.27. The Morgan fingerprint density at radius 3 is 2.50 bits per heavy atom. The summed E-state index contributed by atoms with van der Waals surface area (Å²) in [6, 6.07) is 0.777. The van der Waals surface area contributed by atoms with Crippen LogP contribution in [-0.4, -0.2) is 34.3 Å². The highest BCUT2D eigenvalue weighted by atomic mass is 19.4. The van der Waals surface area contributed by atoms with Crippen molar-refractivity contribution in [2.24, 2.45) is 0 Å². The molecule has 1 heterocycles. The van der Waals surface area contributed by atoms with E-state index in [1.807, 2.05) is 6.92 Å². The highest BCUT2D eigenvalue weighted by molar-refractivity contribution is 5.87. The zero-order valence-electron chi connectivity index (χ0n) is 12.5. The molecule has 22 heavy (non-hydrogen) atoms. The topological polar surface area (TPSA) is 73.2 Å². The normalized spacial score (nSPS) is 14.3. The van der Waals surface area contributed by atoms with Crippen LogP contribution in [0.1, 0.15) is 32.4 Å². The van der Waals surface area contributed by atoms with Gasteiger partial charge in [0.2, 0.25) is 5.91 Å². The van der Waals surface area contributed by atoms with Crippen molar-refractivity contribution in [3.8, 4) is 0 Å². The van der Waals surface area contributed by atoms with Crippen LogP contribution in [-0.2, 0) is 27.0 Å². The minimum absolute atomic E-state index is 0.346. The van der Waals surface area contributed by atoms with Gasteiger partial charge in [0.25, 0.3) is 0 Å². The van der Waals surface area contributed by atoms with Gasteiger partial charge in [0.1, 0.15) is 12.1 Å². The van der Waals surface area contributed by atoms with Gasteiger partial charge in [-0.15, -0.1) is 0 Å². The molecule has 0 radical (unpaired) electrons. The van der Waals surface area contributed by atoms with Gasteiger partial charge in [0.15, 0.2) is 5.69 Å². The number of aromatic nitrogens is 2. The molecule has 0 aromatic carbocycles. The van der Waals surface area contributed by atoms with Crippen molar-refractivity contribution in [2.75, 3.05) is 7.11 Å². The molecule has 1 amide bonds. The number of rotatable bonds is 6. The van der Waals surface area contributed by atoms with Crippen LogP contribution in [0, 0.1) is 0 Å². The molecule has 0 aliphatic heterocycles. The number of amides is 1. The smallest absolute Gasteiger partial charge is 0.435 e. The van der Waals surface area contributed by atoms with Crippen LogP contribution in [0.25, 0.3) is 0 Å². The molecule has 6 nitrogen and oxygen atoms in total. The van der Waals surface area contributed by atoms with Gasteiger partial charge in [0, 0.05) is 6.20 Å². The largest absolute Gasteiger partial charge is 0.467 e. The number of ether oxygens (including phenoxy) is 1. The third-order valence-corrected chi connectivity index (χ3v) is 3.04. The van der Waals surface area contributed by atoms with Crippen LogP contribution in [0.5, 0.6) is 0 Å². The third-order valence-electron chi connectivity index (χ3n) is 3.04. The summed E-state index contributed by atoms with van der Waals surface area (Å²) in [6.07, 6.45) is -2.55. The second kappa shape index (κ2) is 6.80. The van der Waals surface area contributed by atoms with Gasteiger partial charge in [-0.2, -0.15) is 18.3 Å². The second-order valence-electron chi connectivity index (χ2n) is 5.02. The molecule has 0 bridgehead atoms. The van der Waals surface area contributed by atoms with Crippen LogP contribution in [0.15, 0.2) is 12.3 Å². The quantitative estimate of drug-likeness (QED) is 0.810. The number of halogens is 3. The van der Waals surface area contributed by atoms with Crippen LogP contribution in [0.2, 0.25) is 0 Å². The maximum absolute atomic E-state index is 12.4. The number of carbonyl (C=O) groups excluding carboxylic acids is 2. The first kappa shape index (κ1) is 18.0. The van der Waals surface area contributed by atoms with E-state index in [2.05, 4.69) is 15.2 Å². The lowest BCUT2D eigenvalue weighted by atomic mass is 9.96. The molecule has 1 unspecified atom stereocenters. The Bertz CT molecular complexity index is 542. The van der Waals surface area contributed by atoms with Crippen molar-refractivity contribution in [2.45, 2.75) is 44.9 Å². The standard InChI is InChI=1S/C13H18F3N3O3/c1-4-6-12(2,11(21)22-3)17-10(20)8-19-7-5-9(18-19)13(14,15)16/h5,7H,4,6,8H2,1-3H3,(H,17,20). The first-order valence-corrected chi connectivity index (χ1v) is 6.62. The van der Waals surface area contributed by atoms with Crippen molar-refractivity contribution in [3.63, 3.8) is 0 Å². The molecule has 1 atom stereocenters. The maximum Gasteiger partial charge on any atom is 0.435 e. The predicted octanol–water partition coefficient (Wildman–Crippen LogP) is 1.75. The van der Waals surface area contributed by atoms with Crippen LogP contribution in [0.3, 0.4) is 0 Å². The third kappa shape index (κ3) is 4.47. The van der Waals surface area contributed by atoms with E-state index in [1.54, 1.807) is 0 Å². The summed E-state index contributed by atoms with van der Waals surface area (Å²) in [5, 5.41) is 5.76. The first-order valence-electron chi connectivity index (χ1n) is 6.62. The summed E-state index contributed by atoms with van der Waals surface area (Å²) in [6.45, 7) is 2.91. The predicted molar refractivity (Wildman–Crippen MR) is 70.7 cm³/mol. The summed E-state index contributed by atoms with van der Waals surface area (Å²) in [4.78, 5) is 23.7. The molecule has 1 aromatic heterocycles. The summed E-state index contributed by atoms with van der Waals surface area (Å²) in [5.41, 5.74) is -2.30. The van der Waals surface area contributed by atoms with E-state index in [4.69, 9.17) is 0 Å². The minimum Gasteiger partial charge on any atom is -0.467 e. The van der Waals surface area contributed by atoms with Gasteiger partial charge in [-0.25, -0.2) is 4.79 Å². The number of hydrogen-bond acceptors (Lipinski definition) is 4. The fraction of sp³-hybridized carbons (Fsp3) is 0.615. The summed E-state index contributed by atoms with van der Waals surface area (Å²) < 4.78 is 42.8.